The van der Waals surface area contributed by atoms with Crippen molar-refractivity contribution >= 4 is 17.2 Å². The summed E-state index contributed by atoms with van der Waals surface area (Å²) in [7, 11) is 0. The highest BCUT2D eigenvalue weighted by Crippen LogP contribution is 2.18. The molecule has 0 spiro atoms. The third-order valence-corrected chi connectivity index (χ3v) is 2.47. The molecule has 1 aromatic heterocycles. The third-order valence-electron chi connectivity index (χ3n) is 2.47. The molecule has 0 saturated carbocycles. The second-order valence-electron chi connectivity index (χ2n) is 4.07. The molecule has 4 N–H and O–H groups in total. The van der Waals surface area contributed by atoms with Crippen LogP contribution >= 0.6 is 0 Å². The van der Waals surface area contributed by atoms with Gasteiger partial charge in [-0.1, -0.05) is 5.21 Å². The molecular weight excluding hydrogens is 275 g/mol. The predicted molar refractivity (Wildman–Crippen MR) is 74.6 cm³/mol. The second-order valence-corrected chi connectivity index (χ2v) is 4.07. The number of nitriles is 1. The zero-order valence-corrected chi connectivity index (χ0v) is 11.0. The summed E-state index contributed by atoms with van der Waals surface area (Å²) in [6, 6.07) is 5.90. The van der Waals surface area contributed by atoms with E-state index in [-0.39, 0.29) is 11.4 Å². The number of hydrazone groups is 1. The molecule has 2 rings (SSSR count). The van der Waals surface area contributed by atoms with E-state index in [1.807, 2.05) is 0 Å². The maximum Gasteiger partial charge on any atom is 0.201 e. The van der Waals surface area contributed by atoms with E-state index in [9.17, 15) is 4.39 Å². The van der Waals surface area contributed by atoms with Crippen LogP contribution in [0.3, 0.4) is 0 Å². The van der Waals surface area contributed by atoms with E-state index in [1.165, 1.54) is 16.8 Å². The van der Waals surface area contributed by atoms with Crippen LogP contribution in [0.25, 0.3) is 5.69 Å². The van der Waals surface area contributed by atoms with E-state index in [1.54, 1.807) is 25.3 Å². The topological polar surface area (TPSA) is 129 Å². The van der Waals surface area contributed by atoms with Crippen molar-refractivity contribution in [3.63, 3.8) is 0 Å². The summed E-state index contributed by atoms with van der Waals surface area (Å²) in [5.74, 6) is -1.09. The fourth-order valence-electron chi connectivity index (χ4n) is 1.47. The van der Waals surface area contributed by atoms with Gasteiger partial charge in [-0.25, -0.2) is 9.07 Å². The fraction of sp³-hybridized carbons (Fsp3) is 0.0833. The molecule has 0 bridgehead atoms. The zero-order valence-electron chi connectivity index (χ0n) is 11.0. The molecule has 1 aromatic carbocycles. The van der Waals surface area contributed by atoms with E-state index in [0.29, 0.717) is 11.4 Å². The molecule has 0 aliphatic carbocycles. The highest BCUT2D eigenvalue weighted by molar-refractivity contribution is 6.45. The van der Waals surface area contributed by atoms with Gasteiger partial charge in [0.2, 0.25) is 5.71 Å². The Labute approximate surface area is 119 Å². The Morgan fingerprint density at radius 1 is 1.57 bits per heavy atom. The number of nitrogens with zero attached hydrogens (tertiary/aromatic N) is 5. The van der Waals surface area contributed by atoms with Gasteiger partial charge in [-0.05, 0) is 19.1 Å². The minimum Gasteiger partial charge on any atom is -0.382 e. The van der Waals surface area contributed by atoms with Crippen molar-refractivity contribution < 1.29 is 4.39 Å². The summed E-state index contributed by atoms with van der Waals surface area (Å²) >= 11 is 0. The molecule has 106 valence electrons. The second kappa shape index (κ2) is 5.79. The van der Waals surface area contributed by atoms with Crippen LogP contribution < -0.4 is 11.2 Å². The van der Waals surface area contributed by atoms with Gasteiger partial charge in [-0.15, -0.1) is 5.10 Å². The van der Waals surface area contributed by atoms with Crippen molar-refractivity contribution in [2.45, 2.75) is 6.92 Å². The summed E-state index contributed by atoms with van der Waals surface area (Å²) in [5, 5.41) is 27.0. The van der Waals surface area contributed by atoms with Gasteiger partial charge in [0.15, 0.2) is 5.84 Å². The van der Waals surface area contributed by atoms with Crippen molar-refractivity contribution in [2.75, 3.05) is 5.43 Å². The molecule has 21 heavy (non-hydrogen) atoms. The lowest BCUT2D eigenvalue weighted by molar-refractivity contribution is 0.627. The van der Waals surface area contributed by atoms with Crippen LogP contribution in [0.2, 0.25) is 0 Å². The first-order chi connectivity index (χ1) is 10.0. The highest BCUT2D eigenvalue weighted by Gasteiger charge is 2.07. The normalized spacial score (nSPS) is 11.0. The zero-order chi connectivity index (χ0) is 15.4. The van der Waals surface area contributed by atoms with Gasteiger partial charge in [0, 0.05) is 6.07 Å². The number of halogens is 1. The Kier molecular flexibility index (Phi) is 3.90. The molecule has 8 nitrogen and oxygen atoms in total. The Morgan fingerprint density at radius 3 is 2.86 bits per heavy atom. The maximum atomic E-state index is 13.9. The lowest BCUT2D eigenvalue weighted by atomic mass is 10.2. The quantitative estimate of drug-likeness (QED) is 0.437. The van der Waals surface area contributed by atoms with Crippen LogP contribution in [0.15, 0.2) is 29.5 Å². The van der Waals surface area contributed by atoms with E-state index in [2.05, 4.69) is 20.8 Å². The van der Waals surface area contributed by atoms with Crippen LogP contribution in [0.5, 0.6) is 0 Å². The number of amidine groups is 1. The Bertz CT molecular complexity index is 755. The molecule has 0 unspecified atom stereocenters. The number of hydrogen-bond acceptors (Lipinski definition) is 6. The molecule has 0 saturated heterocycles. The minimum atomic E-state index is -0.592. The number of hydrogen-bond donors (Lipinski definition) is 3. The van der Waals surface area contributed by atoms with Gasteiger partial charge in [0.05, 0.1) is 23.3 Å². The molecule has 0 radical (unpaired) electrons. The molecule has 1 heterocycles. The Hall–Kier alpha value is -3.28. The van der Waals surface area contributed by atoms with E-state index < -0.39 is 11.7 Å². The first-order valence-electron chi connectivity index (χ1n) is 5.78. The van der Waals surface area contributed by atoms with Crippen molar-refractivity contribution in [1.29, 1.82) is 10.7 Å². The van der Waals surface area contributed by atoms with E-state index in [4.69, 9.17) is 16.4 Å². The van der Waals surface area contributed by atoms with Gasteiger partial charge in [0.1, 0.15) is 11.9 Å². The molecular formula is C12H11FN8. The molecule has 2 aromatic rings. The number of nitrogens with one attached hydrogen (secondary N) is 2. The minimum absolute atomic E-state index is 0.0459. The average Bonchev–Trinajstić information content (AvgIpc) is 2.87. The number of aryl methyl sites for hydroxylation is 1. The van der Waals surface area contributed by atoms with Crippen LogP contribution in [-0.4, -0.2) is 26.5 Å². The van der Waals surface area contributed by atoms with Crippen molar-refractivity contribution in [1.82, 2.24) is 15.0 Å². The van der Waals surface area contributed by atoms with Gasteiger partial charge >= 0.3 is 0 Å². The molecule has 9 heteroatoms. The monoisotopic (exact) mass is 286 g/mol. The van der Waals surface area contributed by atoms with Crippen molar-refractivity contribution in [3.05, 3.63) is 35.9 Å². The third kappa shape index (κ3) is 3.19. The van der Waals surface area contributed by atoms with Gasteiger partial charge in [-0.3, -0.25) is 10.8 Å². The molecule has 0 aliphatic rings. The summed E-state index contributed by atoms with van der Waals surface area (Å²) in [6.07, 6.45) is 1.66. The van der Waals surface area contributed by atoms with Crippen LogP contribution in [0.1, 0.15) is 5.69 Å². The highest BCUT2D eigenvalue weighted by atomic mass is 19.1. The SMILES string of the molecule is Cc1cn(-c2ccc(N/N=C(\C#N)C(=N)N)c(F)c2)nn1. The van der Waals surface area contributed by atoms with Crippen LogP contribution in [0, 0.1) is 29.5 Å². The van der Waals surface area contributed by atoms with Crippen LogP contribution in [-0.2, 0) is 0 Å². The smallest absolute Gasteiger partial charge is 0.201 e. The fourth-order valence-corrected chi connectivity index (χ4v) is 1.47. The lowest BCUT2D eigenvalue weighted by Crippen LogP contribution is -2.22. The standard InChI is InChI=1S/C12H11FN8/c1-7-6-21(20-17-7)8-2-3-10(9(13)4-8)18-19-11(5-14)12(15)16/h2-4,6,18H,1H3,(H3,15,16)/b19-11+. The van der Waals surface area contributed by atoms with Crippen molar-refractivity contribution in [2.24, 2.45) is 10.8 Å². The molecule has 0 fully saturated rings. The largest absolute Gasteiger partial charge is 0.382 e. The van der Waals surface area contributed by atoms with Gasteiger partial charge in [-0.2, -0.15) is 10.4 Å². The predicted octanol–water partition coefficient (Wildman–Crippen LogP) is 0.942. The molecule has 0 amide bonds. The molecule has 0 atom stereocenters. The molecule has 0 aliphatic heterocycles. The lowest BCUT2D eigenvalue weighted by Gasteiger charge is -2.05. The summed E-state index contributed by atoms with van der Waals surface area (Å²) in [6.45, 7) is 1.77. The summed E-state index contributed by atoms with van der Waals surface area (Å²) in [4.78, 5) is 0. The van der Waals surface area contributed by atoms with Gasteiger partial charge in [0.25, 0.3) is 0 Å². The Morgan fingerprint density at radius 2 is 2.33 bits per heavy atom. The number of aromatic nitrogens is 3. The number of rotatable bonds is 4. The first-order valence-corrected chi connectivity index (χ1v) is 5.78. The number of nitrogens with two attached hydrogens (primary N) is 1. The average molecular weight is 286 g/mol. The van der Waals surface area contributed by atoms with Crippen molar-refractivity contribution in [3.8, 4) is 11.8 Å². The van der Waals surface area contributed by atoms with E-state index >= 15 is 0 Å². The summed E-state index contributed by atoms with van der Waals surface area (Å²) in [5.41, 5.74) is 8.41. The first kappa shape index (κ1) is 14.1. The summed E-state index contributed by atoms with van der Waals surface area (Å²) < 4.78 is 15.4. The van der Waals surface area contributed by atoms with E-state index in [0.717, 1.165) is 0 Å². The number of anilines is 1. The van der Waals surface area contributed by atoms with Crippen LogP contribution in [0.4, 0.5) is 10.1 Å². The number of benzene rings is 1. The maximum absolute atomic E-state index is 13.9. The van der Waals surface area contributed by atoms with Gasteiger partial charge < -0.3 is 5.73 Å². The Balaban J connectivity index is 2.24.